The number of nitrogens with one attached hydrogen (secondary N) is 8. The van der Waals surface area contributed by atoms with E-state index in [1.54, 1.807) is 85.7 Å². The molecule has 0 radical (unpaired) electrons. The zero-order valence-electron chi connectivity index (χ0n) is 48.0. The molecule has 0 bridgehead atoms. The van der Waals surface area contributed by atoms with Gasteiger partial charge in [0.05, 0.1) is 6.04 Å². The summed E-state index contributed by atoms with van der Waals surface area (Å²) in [5.41, 5.74) is 17.9. The molecule has 9 amide bonds. The Hall–Kier alpha value is -6.69. The second kappa shape index (κ2) is 36.5. The SMILES string of the molecule is CC[C@H](C)[C@H](NC(=O)[C@H](CCC(N)=O)NC(=O)[C@H](Cc1ccccc1)NC(=O)[C@H](CC(C)C)NC(=O)[C@@H](N)CCCCN)C(=O)N[C@H](C(=O)N[C@@H](CCC(=O)O)C(=O)N[C@@H](CC(C)C)C(=O)N[C@@H](CC(C)C)C(=O)O)[C@@H](C)CC. The van der Waals surface area contributed by atoms with E-state index in [1.807, 2.05) is 13.8 Å². The van der Waals surface area contributed by atoms with E-state index in [9.17, 15) is 63.0 Å². The first kappa shape index (κ1) is 70.3. The molecule has 0 unspecified atom stereocenters. The summed E-state index contributed by atoms with van der Waals surface area (Å²) >= 11 is 0. The quantitative estimate of drug-likeness (QED) is 0.0409. The fourth-order valence-corrected chi connectivity index (χ4v) is 8.42. The van der Waals surface area contributed by atoms with Gasteiger partial charge in [0.15, 0.2) is 0 Å². The van der Waals surface area contributed by atoms with Crippen LogP contribution in [-0.4, -0.2) is 136 Å². The summed E-state index contributed by atoms with van der Waals surface area (Å²) in [5, 5.41) is 40.5. The third-order valence-electron chi connectivity index (χ3n) is 13.4. The van der Waals surface area contributed by atoms with Crippen molar-refractivity contribution in [2.75, 3.05) is 6.54 Å². The summed E-state index contributed by atoms with van der Waals surface area (Å²) < 4.78 is 0. The summed E-state index contributed by atoms with van der Waals surface area (Å²) in [4.78, 5) is 148. The minimum absolute atomic E-state index is 0.0594. The highest BCUT2D eigenvalue weighted by molar-refractivity contribution is 5.98. The standard InChI is InChI=1S/C55H93N11O13/c1-11-33(9)45(53(76)60-38(22-24-44(68)69)48(71)62-40(27-31(5)6)51(74)64-42(55(78)79)28-32(7)8)66-54(77)46(34(10)12-2)65-49(72)37(21-23-43(58)67)59-52(75)41(29-35-18-14-13-15-19-35)63-50(73)39(26-30(3)4)61-47(70)36(57)20-16-17-25-56/h13-15,18-19,30-34,36-42,45-46H,11-12,16-17,20-29,56-57H2,1-10H3,(H2,58,67)(H,59,75)(H,60,76)(H,61,70)(H,62,71)(H,63,73)(H,64,74)(H,65,72)(H,66,77)(H,68,69)(H,78,79)/t33-,34-,36-,37-,38-,39-,40-,41-,42-,45-,46-/m0/s1. The van der Waals surface area contributed by atoms with Gasteiger partial charge in [-0.05, 0) is 86.6 Å². The fourth-order valence-electron chi connectivity index (χ4n) is 8.42. The lowest BCUT2D eigenvalue weighted by Gasteiger charge is -2.31. The Morgan fingerprint density at radius 1 is 0.468 bits per heavy atom. The van der Waals surface area contributed by atoms with Crippen molar-refractivity contribution in [3.63, 3.8) is 0 Å². The number of hydrogen-bond acceptors (Lipinski definition) is 13. The van der Waals surface area contributed by atoms with Gasteiger partial charge in [0, 0.05) is 19.3 Å². The minimum Gasteiger partial charge on any atom is -0.481 e. The van der Waals surface area contributed by atoms with Crippen LogP contribution in [0.3, 0.4) is 0 Å². The van der Waals surface area contributed by atoms with Crippen LogP contribution in [0, 0.1) is 29.6 Å². The van der Waals surface area contributed by atoms with E-state index >= 15 is 0 Å². The Morgan fingerprint density at radius 2 is 0.848 bits per heavy atom. The first-order chi connectivity index (χ1) is 37.0. The van der Waals surface area contributed by atoms with Crippen LogP contribution in [0.25, 0.3) is 0 Å². The van der Waals surface area contributed by atoms with Crippen molar-refractivity contribution in [1.29, 1.82) is 0 Å². The Kier molecular flexibility index (Phi) is 32.5. The number of carboxylic acid groups (broad SMARTS) is 2. The number of carboxylic acids is 2. The van der Waals surface area contributed by atoms with E-state index in [-0.39, 0.29) is 56.3 Å². The number of nitrogens with two attached hydrogens (primary N) is 3. The second-order valence-corrected chi connectivity index (χ2v) is 21.9. The van der Waals surface area contributed by atoms with Crippen molar-refractivity contribution in [2.45, 2.75) is 207 Å². The van der Waals surface area contributed by atoms with E-state index in [4.69, 9.17) is 17.2 Å². The molecule has 0 saturated carbocycles. The predicted octanol–water partition coefficient (Wildman–Crippen LogP) is 1.01. The van der Waals surface area contributed by atoms with Crippen molar-refractivity contribution in [3.05, 3.63) is 35.9 Å². The number of hydrogen-bond donors (Lipinski definition) is 13. The summed E-state index contributed by atoms with van der Waals surface area (Å²) in [6.07, 6.45) is 0.718. The van der Waals surface area contributed by atoms with E-state index in [0.29, 0.717) is 44.2 Å². The van der Waals surface area contributed by atoms with Gasteiger partial charge in [-0.25, -0.2) is 4.79 Å². The third-order valence-corrected chi connectivity index (χ3v) is 13.4. The van der Waals surface area contributed by atoms with Crippen LogP contribution in [0.5, 0.6) is 0 Å². The molecule has 0 fully saturated rings. The van der Waals surface area contributed by atoms with Gasteiger partial charge in [-0.1, -0.05) is 119 Å². The molecule has 1 aromatic rings. The average Bonchev–Trinajstić information content (AvgIpc) is 3.38. The van der Waals surface area contributed by atoms with E-state index in [0.717, 1.165) is 0 Å². The molecule has 16 N–H and O–H groups in total. The highest BCUT2D eigenvalue weighted by atomic mass is 16.4. The highest BCUT2D eigenvalue weighted by Crippen LogP contribution is 2.16. The molecular formula is C55H93N11O13. The lowest BCUT2D eigenvalue weighted by atomic mass is 9.94. The monoisotopic (exact) mass is 1120 g/mol. The summed E-state index contributed by atoms with van der Waals surface area (Å²) in [7, 11) is 0. The maximum atomic E-state index is 14.4. The van der Waals surface area contributed by atoms with Crippen LogP contribution in [0.15, 0.2) is 30.3 Å². The minimum atomic E-state index is -1.55. The van der Waals surface area contributed by atoms with Crippen LogP contribution in [0.2, 0.25) is 0 Å². The fraction of sp³-hybridized carbons (Fsp3) is 0.691. The van der Waals surface area contributed by atoms with Crippen molar-refractivity contribution in [2.24, 2.45) is 46.8 Å². The van der Waals surface area contributed by atoms with Crippen LogP contribution in [0.4, 0.5) is 0 Å². The number of rotatable bonds is 39. The molecule has 1 rings (SSSR count). The van der Waals surface area contributed by atoms with Crippen molar-refractivity contribution in [3.8, 4) is 0 Å². The van der Waals surface area contributed by atoms with Crippen molar-refractivity contribution < 1.29 is 63.0 Å². The van der Waals surface area contributed by atoms with Gasteiger partial charge in [-0.15, -0.1) is 0 Å². The Bertz CT molecular complexity index is 2160. The van der Waals surface area contributed by atoms with Crippen LogP contribution in [-0.2, 0) is 59.2 Å². The van der Waals surface area contributed by atoms with E-state index in [1.165, 1.54) is 0 Å². The molecule has 11 atom stereocenters. The van der Waals surface area contributed by atoms with Crippen molar-refractivity contribution >= 4 is 65.1 Å². The topological polar surface area (TPSA) is 403 Å². The molecule has 0 aliphatic rings. The molecule has 0 aliphatic heterocycles. The number of benzene rings is 1. The molecule has 24 nitrogen and oxygen atoms in total. The molecule has 0 saturated heterocycles. The summed E-state index contributed by atoms with van der Waals surface area (Å²) in [5.74, 6) is -11.5. The largest absolute Gasteiger partial charge is 0.481 e. The number of primary amides is 1. The Labute approximate surface area is 465 Å². The van der Waals surface area contributed by atoms with Crippen LogP contribution in [0.1, 0.15) is 152 Å². The van der Waals surface area contributed by atoms with Gasteiger partial charge in [0.2, 0.25) is 53.2 Å². The first-order valence-corrected chi connectivity index (χ1v) is 27.7. The smallest absolute Gasteiger partial charge is 0.326 e. The normalized spacial score (nSPS) is 15.5. The maximum Gasteiger partial charge on any atom is 0.326 e. The zero-order chi connectivity index (χ0) is 60.1. The summed E-state index contributed by atoms with van der Waals surface area (Å²) in [6, 6.07) is -3.05. The lowest BCUT2D eigenvalue weighted by Crippen LogP contribution is -2.62. The first-order valence-electron chi connectivity index (χ1n) is 27.7. The number of carbonyl (C=O) groups excluding carboxylic acids is 9. The van der Waals surface area contributed by atoms with Gasteiger partial charge < -0.3 is 69.9 Å². The molecule has 0 aliphatic carbocycles. The van der Waals surface area contributed by atoms with Gasteiger partial charge >= 0.3 is 11.9 Å². The lowest BCUT2D eigenvalue weighted by molar-refractivity contribution is -0.143. The van der Waals surface area contributed by atoms with Crippen LogP contribution < -0.4 is 59.7 Å². The number of unbranched alkanes of at least 4 members (excludes halogenated alkanes) is 1. The number of aliphatic carboxylic acids is 2. The highest BCUT2D eigenvalue weighted by Gasteiger charge is 2.38. The Morgan fingerprint density at radius 3 is 1.30 bits per heavy atom. The van der Waals surface area contributed by atoms with Gasteiger partial charge in [0.25, 0.3) is 0 Å². The molecule has 24 heteroatoms. The zero-order valence-corrected chi connectivity index (χ0v) is 48.0. The predicted molar refractivity (Wildman–Crippen MR) is 297 cm³/mol. The van der Waals surface area contributed by atoms with Crippen molar-refractivity contribution in [1.82, 2.24) is 42.5 Å². The van der Waals surface area contributed by atoms with Crippen LogP contribution >= 0.6 is 0 Å². The van der Waals surface area contributed by atoms with Gasteiger partial charge in [0.1, 0.15) is 48.3 Å². The Balaban J connectivity index is 3.62. The molecule has 1 aromatic carbocycles. The average molecular weight is 1120 g/mol. The molecule has 446 valence electrons. The summed E-state index contributed by atoms with van der Waals surface area (Å²) in [6.45, 7) is 18.0. The second-order valence-electron chi connectivity index (χ2n) is 21.9. The molecule has 0 spiro atoms. The molecule has 0 heterocycles. The third kappa shape index (κ3) is 27.2. The van der Waals surface area contributed by atoms with E-state index < -0.39 is 144 Å². The maximum absolute atomic E-state index is 14.4. The van der Waals surface area contributed by atoms with Gasteiger partial charge in [-0.3, -0.25) is 47.9 Å². The molecule has 0 aromatic heterocycles. The number of carbonyl (C=O) groups is 11. The van der Waals surface area contributed by atoms with E-state index in [2.05, 4.69) is 42.5 Å². The molecule has 79 heavy (non-hydrogen) atoms. The van der Waals surface area contributed by atoms with Gasteiger partial charge in [-0.2, -0.15) is 0 Å². The molecular weight excluding hydrogens is 1020 g/mol. The number of amides is 9.